The highest BCUT2D eigenvalue weighted by atomic mass is 16.5. The largest absolute Gasteiger partial charge is 0.496 e. The van der Waals surface area contributed by atoms with Crippen molar-refractivity contribution in [3.8, 4) is 17.1 Å². The minimum atomic E-state index is -0.132. The second-order valence-electron chi connectivity index (χ2n) is 6.50. The number of benzene rings is 1. The second-order valence-corrected chi connectivity index (χ2v) is 6.50. The van der Waals surface area contributed by atoms with E-state index >= 15 is 0 Å². The third kappa shape index (κ3) is 2.62. The molecule has 0 amide bonds. The lowest BCUT2D eigenvalue weighted by molar-refractivity contribution is 0.416. The first kappa shape index (κ1) is 15.9. The number of rotatable bonds is 4. The average Bonchev–Trinajstić information content (AvgIpc) is 3.29. The van der Waals surface area contributed by atoms with Gasteiger partial charge in [-0.2, -0.15) is 5.10 Å². The fourth-order valence-electron chi connectivity index (χ4n) is 3.73. The maximum Gasteiger partial charge on any atom is 0.262 e. The van der Waals surface area contributed by atoms with Gasteiger partial charge >= 0.3 is 0 Å². The van der Waals surface area contributed by atoms with E-state index in [1.165, 1.54) is 12.8 Å². The summed E-state index contributed by atoms with van der Waals surface area (Å²) >= 11 is 0. The van der Waals surface area contributed by atoms with Gasteiger partial charge in [0.25, 0.3) is 5.56 Å². The summed E-state index contributed by atoms with van der Waals surface area (Å²) in [4.78, 5) is 20.5. The first-order valence-electron chi connectivity index (χ1n) is 8.87. The summed E-state index contributed by atoms with van der Waals surface area (Å²) in [6.45, 7) is 2.02. The highest BCUT2D eigenvalue weighted by Gasteiger charge is 2.24. The Balaban J connectivity index is 1.96. The van der Waals surface area contributed by atoms with E-state index in [0.29, 0.717) is 28.6 Å². The van der Waals surface area contributed by atoms with Crippen LogP contribution in [0.25, 0.3) is 22.4 Å². The summed E-state index contributed by atoms with van der Waals surface area (Å²) < 4.78 is 7.41. The molecule has 0 spiro atoms. The number of nitrogens with zero attached hydrogens (tertiary/aromatic N) is 3. The molecule has 3 aromatic rings. The second kappa shape index (κ2) is 6.35. The Hall–Kier alpha value is -2.63. The van der Waals surface area contributed by atoms with Crippen molar-refractivity contribution in [3.05, 3.63) is 40.3 Å². The Morgan fingerprint density at radius 3 is 2.76 bits per heavy atom. The zero-order valence-corrected chi connectivity index (χ0v) is 14.6. The molecule has 2 heterocycles. The number of fused-ring (bicyclic) bond motifs is 1. The van der Waals surface area contributed by atoms with Gasteiger partial charge < -0.3 is 9.72 Å². The number of aromatic amines is 1. The van der Waals surface area contributed by atoms with Gasteiger partial charge in [0.1, 0.15) is 17.0 Å². The van der Waals surface area contributed by atoms with Gasteiger partial charge in [-0.05, 0) is 31.4 Å². The third-order valence-corrected chi connectivity index (χ3v) is 5.00. The van der Waals surface area contributed by atoms with Crippen molar-refractivity contribution in [2.75, 3.05) is 7.11 Å². The molecule has 4 rings (SSSR count). The van der Waals surface area contributed by atoms with E-state index in [-0.39, 0.29) is 5.56 Å². The predicted molar refractivity (Wildman–Crippen MR) is 97.0 cm³/mol. The van der Waals surface area contributed by atoms with Crippen LogP contribution < -0.4 is 10.3 Å². The summed E-state index contributed by atoms with van der Waals surface area (Å²) in [5, 5.41) is 5.35. The van der Waals surface area contributed by atoms with Crippen LogP contribution in [0.5, 0.6) is 5.75 Å². The summed E-state index contributed by atoms with van der Waals surface area (Å²) in [6.07, 6.45) is 5.32. The Kier molecular flexibility index (Phi) is 4.03. The molecular weight excluding hydrogens is 316 g/mol. The minimum Gasteiger partial charge on any atom is -0.496 e. The Morgan fingerprint density at radius 1 is 1.28 bits per heavy atom. The molecule has 1 saturated carbocycles. The molecule has 130 valence electrons. The summed E-state index contributed by atoms with van der Waals surface area (Å²) in [6, 6.07) is 7.92. The molecule has 0 radical (unpaired) electrons. The summed E-state index contributed by atoms with van der Waals surface area (Å²) in [5.41, 5.74) is 2.16. The van der Waals surface area contributed by atoms with E-state index in [1.54, 1.807) is 7.11 Å². The third-order valence-electron chi connectivity index (χ3n) is 5.00. The van der Waals surface area contributed by atoms with Gasteiger partial charge in [-0.1, -0.05) is 31.9 Å². The fraction of sp³-hybridized carbons (Fsp3) is 0.421. The van der Waals surface area contributed by atoms with Crippen LogP contribution in [0.15, 0.2) is 29.1 Å². The molecule has 1 N–H and O–H groups in total. The molecule has 0 aliphatic heterocycles. The molecule has 0 saturated heterocycles. The molecule has 2 aromatic heterocycles. The molecule has 6 nitrogen and oxygen atoms in total. The molecule has 25 heavy (non-hydrogen) atoms. The topological polar surface area (TPSA) is 72.8 Å². The maximum atomic E-state index is 12.8. The Labute approximate surface area is 145 Å². The van der Waals surface area contributed by atoms with Crippen LogP contribution in [0, 0.1) is 0 Å². The van der Waals surface area contributed by atoms with Gasteiger partial charge in [0.2, 0.25) is 0 Å². The van der Waals surface area contributed by atoms with Crippen LogP contribution in [-0.2, 0) is 6.42 Å². The van der Waals surface area contributed by atoms with E-state index in [9.17, 15) is 4.79 Å². The molecule has 0 unspecified atom stereocenters. The van der Waals surface area contributed by atoms with Crippen molar-refractivity contribution in [2.24, 2.45) is 0 Å². The summed E-state index contributed by atoms with van der Waals surface area (Å²) in [7, 11) is 1.62. The lowest BCUT2D eigenvalue weighted by Crippen LogP contribution is -2.13. The first-order chi connectivity index (χ1) is 12.2. The van der Waals surface area contributed by atoms with E-state index in [0.717, 1.165) is 30.5 Å². The molecule has 0 bridgehead atoms. The molecule has 1 aromatic carbocycles. The number of ether oxygens (including phenoxy) is 1. The molecule has 1 aliphatic carbocycles. The van der Waals surface area contributed by atoms with Gasteiger partial charge in [0, 0.05) is 0 Å². The van der Waals surface area contributed by atoms with Gasteiger partial charge in [-0.3, -0.25) is 4.79 Å². The number of aromatic nitrogens is 4. The molecular formula is C19H22N4O2. The van der Waals surface area contributed by atoms with Crippen molar-refractivity contribution in [1.82, 2.24) is 19.7 Å². The predicted octanol–water partition coefficient (Wildman–Crippen LogP) is 3.47. The number of para-hydroxylation sites is 1. The lowest BCUT2D eigenvalue weighted by Gasteiger charge is -2.11. The monoisotopic (exact) mass is 338 g/mol. The van der Waals surface area contributed by atoms with Crippen LogP contribution >= 0.6 is 0 Å². The zero-order chi connectivity index (χ0) is 17.4. The first-order valence-corrected chi connectivity index (χ1v) is 8.87. The van der Waals surface area contributed by atoms with Crippen molar-refractivity contribution in [1.29, 1.82) is 0 Å². The molecule has 0 atom stereocenters. The van der Waals surface area contributed by atoms with Crippen molar-refractivity contribution >= 4 is 11.0 Å². The number of nitrogens with one attached hydrogen (secondary N) is 1. The van der Waals surface area contributed by atoms with E-state index < -0.39 is 0 Å². The zero-order valence-electron chi connectivity index (χ0n) is 14.6. The standard InChI is InChI=1S/C19H22N4O2/c1-3-14-16-18(23(22-14)12-8-4-5-9-12)20-17(21-19(16)24)13-10-6-7-11-15(13)25-2/h6-7,10-12H,3-5,8-9H2,1-2H3,(H,20,21,24). The van der Waals surface area contributed by atoms with Crippen LogP contribution in [-0.4, -0.2) is 26.9 Å². The minimum absolute atomic E-state index is 0.132. The van der Waals surface area contributed by atoms with Gasteiger partial charge in [0.05, 0.1) is 24.4 Å². The van der Waals surface area contributed by atoms with Gasteiger partial charge in [-0.15, -0.1) is 0 Å². The number of aryl methyl sites for hydroxylation is 1. The highest BCUT2D eigenvalue weighted by molar-refractivity contribution is 5.80. The Bertz CT molecular complexity index is 967. The lowest BCUT2D eigenvalue weighted by atomic mass is 10.1. The quantitative estimate of drug-likeness (QED) is 0.790. The average molecular weight is 338 g/mol. The molecule has 6 heteroatoms. The molecule has 1 aliphatic rings. The van der Waals surface area contributed by atoms with Gasteiger partial charge in [-0.25, -0.2) is 9.67 Å². The number of H-pyrrole nitrogens is 1. The van der Waals surface area contributed by atoms with Crippen molar-refractivity contribution in [3.63, 3.8) is 0 Å². The van der Waals surface area contributed by atoms with Gasteiger partial charge in [0.15, 0.2) is 5.65 Å². The van der Waals surface area contributed by atoms with E-state index in [4.69, 9.17) is 14.8 Å². The highest BCUT2D eigenvalue weighted by Crippen LogP contribution is 2.33. The van der Waals surface area contributed by atoms with Crippen LogP contribution in [0.3, 0.4) is 0 Å². The SMILES string of the molecule is CCc1nn(C2CCCC2)c2nc(-c3ccccc3OC)[nH]c(=O)c12. The number of hydrogen-bond donors (Lipinski definition) is 1. The normalized spacial score (nSPS) is 15.1. The Morgan fingerprint density at radius 2 is 2.04 bits per heavy atom. The van der Waals surface area contributed by atoms with Crippen molar-refractivity contribution < 1.29 is 4.74 Å². The van der Waals surface area contributed by atoms with Crippen LogP contribution in [0.4, 0.5) is 0 Å². The maximum absolute atomic E-state index is 12.8. The smallest absolute Gasteiger partial charge is 0.262 e. The summed E-state index contributed by atoms with van der Waals surface area (Å²) in [5.74, 6) is 1.21. The van der Waals surface area contributed by atoms with E-state index in [1.807, 2.05) is 35.9 Å². The fourth-order valence-corrected chi connectivity index (χ4v) is 3.73. The number of hydrogen-bond acceptors (Lipinski definition) is 4. The van der Waals surface area contributed by atoms with E-state index in [2.05, 4.69) is 4.98 Å². The molecule has 1 fully saturated rings. The van der Waals surface area contributed by atoms with Crippen LogP contribution in [0.1, 0.15) is 44.3 Å². The van der Waals surface area contributed by atoms with Crippen LogP contribution in [0.2, 0.25) is 0 Å². The van der Waals surface area contributed by atoms with Crippen molar-refractivity contribution in [2.45, 2.75) is 45.1 Å². The number of methoxy groups -OCH3 is 1.